The van der Waals surface area contributed by atoms with Crippen LogP contribution in [-0.2, 0) is 11.8 Å². The number of hydrogen-bond acceptors (Lipinski definition) is 3. The second-order valence-electron chi connectivity index (χ2n) is 3.54. The molecule has 0 spiro atoms. The van der Waals surface area contributed by atoms with E-state index in [1.165, 1.54) is 11.2 Å². The highest BCUT2D eigenvalue weighted by Crippen LogP contribution is 2.02. The predicted molar refractivity (Wildman–Crippen MR) is 57.0 cm³/mol. The highest BCUT2D eigenvalue weighted by Gasteiger charge is 2.19. The van der Waals surface area contributed by atoms with Crippen LogP contribution in [0.5, 0.6) is 0 Å². The maximum atomic E-state index is 11.9. The molecule has 1 N–H and O–H groups in total. The molecule has 16 heavy (non-hydrogen) atoms. The maximum absolute atomic E-state index is 11.9. The zero-order valence-corrected chi connectivity index (χ0v) is 9.38. The molecule has 0 radical (unpaired) electrons. The van der Waals surface area contributed by atoms with E-state index in [1.807, 2.05) is 6.92 Å². The molecule has 0 unspecified atom stereocenters. The van der Waals surface area contributed by atoms with Gasteiger partial charge < -0.3 is 14.6 Å². The first-order valence-electron chi connectivity index (χ1n) is 5.03. The minimum absolute atomic E-state index is 0.275. The Morgan fingerprint density at radius 1 is 1.56 bits per heavy atom. The Kier molecular flexibility index (Phi) is 4.04. The van der Waals surface area contributed by atoms with Crippen LogP contribution in [0.3, 0.4) is 0 Å². The monoisotopic (exact) mass is 225 g/mol. The number of aliphatic carboxylic acids is 1. The minimum atomic E-state index is -1.02. The van der Waals surface area contributed by atoms with E-state index in [1.54, 1.807) is 17.8 Å². The summed E-state index contributed by atoms with van der Waals surface area (Å²) in [4.78, 5) is 27.7. The lowest BCUT2D eigenvalue weighted by atomic mass is 10.3. The van der Waals surface area contributed by atoms with Gasteiger partial charge in [0.05, 0.1) is 6.33 Å². The van der Waals surface area contributed by atoms with Crippen LogP contribution in [0.4, 0.5) is 0 Å². The van der Waals surface area contributed by atoms with Crippen molar-refractivity contribution < 1.29 is 14.7 Å². The van der Waals surface area contributed by atoms with Crippen LogP contribution in [0.2, 0.25) is 0 Å². The van der Waals surface area contributed by atoms with Gasteiger partial charge in [0.2, 0.25) is 0 Å². The molecule has 0 saturated heterocycles. The van der Waals surface area contributed by atoms with Gasteiger partial charge in [0.25, 0.3) is 5.91 Å². The van der Waals surface area contributed by atoms with E-state index in [9.17, 15) is 9.59 Å². The molecule has 0 aliphatic heterocycles. The van der Waals surface area contributed by atoms with Gasteiger partial charge in [-0.15, -0.1) is 0 Å². The molecule has 6 heteroatoms. The summed E-state index contributed by atoms with van der Waals surface area (Å²) in [6, 6.07) is 0. The number of carbonyl (C=O) groups excluding carboxylic acids is 1. The van der Waals surface area contributed by atoms with Crippen molar-refractivity contribution in [1.29, 1.82) is 0 Å². The number of aryl methyl sites for hydroxylation is 1. The van der Waals surface area contributed by atoms with Gasteiger partial charge in [0.15, 0.2) is 0 Å². The summed E-state index contributed by atoms with van der Waals surface area (Å²) < 4.78 is 1.65. The Bertz CT molecular complexity index is 386. The largest absolute Gasteiger partial charge is 0.480 e. The van der Waals surface area contributed by atoms with Gasteiger partial charge >= 0.3 is 5.97 Å². The first-order chi connectivity index (χ1) is 7.54. The van der Waals surface area contributed by atoms with Gasteiger partial charge in [-0.05, 0) is 6.42 Å². The number of carbonyl (C=O) groups is 2. The van der Waals surface area contributed by atoms with E-state index >= 15 is 0 Å². The van der Waals surface area contributed by atoms with E-state index in [2.05, 4.69) is 4.98 Å². The Morgan fingerprint density at radius 2 is 2.25 bits per heavy atom. The Balaban J connectivity index is 2.78. The highest BCUT2D eigenvalue weighted by atomic mass is 16.4. The molecule has 0 saturated carbocycles. The lowest BCUT2D eigenvalue weighted by molar-refractivity contribution is -0.137. The van der Waals surface area contributed by atoms with Crippen LogP contribution >= 0.6 is 0 Å². The van der Waals surface area contributed by atoms with Gasteiger partial charge in [0.1, 0.15) is 12.2 Å². The van der Waals surface area contributed by atoms with Crippen LogP contribution in [-0.4, -0.2) is 44.5 Å². The number of aromatic nitrogens is 2. The number of hydrogen-bond donors (Lipinski definition) is 1. The average Bonchev–Trinajstić information content (AvgIpc) is 2.62. The van der Waals surface area contributed by atoms with Crippen LogP contribution in [0.1, 0.15) is 23.8 Å². The second kappa shape index (κ2) is 5.29. The van der Waals surface area contributed by atoms with Crippen molar-refractivity contribution in [3.8, 4) is 0 Å². The number of nitrogens with zero attached hydrogens (tertiary/aromatic N) is 3. The maximum Gasteiger partial charge on any atom is 0.323 e. The summed E-state index contributed by atoms with van der Waals surface area (Å²) in [5, 5.41) is 8.69. The van der Waals surface area contributed by atoms with Crippen LogP contribution in [0, 0.1) is 0 Å². The fourth-order valence-corrected chi connectivity index (χ4v) is 1.37. The summed E-state index contributed by atoms with van der Waals surface area (Å²) in [7, 11) is 1.76. The van der Waals surface area contributed by atoms with Crippen molar-refractivity contribution in [3.05, 3.63) is 18.2 Å². The van der Waals surface area contributed by atoms with E-state index < -0.39 is 5.97 Å². The topological polar surface area (TPSA) is 75.4 Å². The Morgan fingerprint density at radius 3 is 2.69 bits per heavy atom. The molecular formula is C10H15N3O3. The van der Waals surface area contributed by atoms with Crippen LogP contribution in [0.25, 0.3) is 0 Å². The summed E-state index contributed by atoms with van der Waals surface area (Å²) in [6.45, 7) is 2.02. The second-order valence-corrected chi connectivity index (χ2v) is 3.54. The molecule has 1 aromatic heterocycles. The molecule has 1 rings (SSSR count). The number of rotatable bonds is 5. The zero-order valence-electron chi connectivity index (χ0n) is 9.38. The molecule has 0 bridgehead atoms. The smallest absolute Gasteiger partial charge is 0.323 e. The molecule has 0 aliphatic carbocycles. The Hall–Kier alpha value is -1.85. The first-order valence-corrected chi connectivity index (χ1v) is 5.03. The van der Waals surface area contributed by atoms with Crippen molar-refractivity contribution >= 4 is 11.9 Å². The molecule has 88 valence electrons. The quantitative estimate of drug-likeness (QED) is 0.784. The third-order valence-corrected chi connectivity index (χ3v) is 2.03. The summed E-state index contributed by atoms with van der Waals surface area (Å²) in [5.41, 5.74) is 0.275. The molecule has 6 nitrogen and oxygen atoms in total. The van der Waals surface area contributed by atoms with E-state index in [4.69, 9.17) is 5.11 Å². The standard InChI is InChI=1S/C10H15N3O3/c1-3-4-13(6-9(14)15)10(16)8-5-12(2)7-11-8/h5,7H,3-4,6H2,1-2H3,(H,14,15). The van der Waals surface area contributed by atoms with Crippen LogP contribution in [0.15, 0.2) is 12.5 Å². The lowest BCUT2D eigenvalue weighted by Crippen LogP contribution is -2.36. The third kappa shape index (κ3) is 3.08. The van der Waals surface area contributed by atoms with Gasteiger partial charge in [-0.3, -0.25) is 9.59 Å². The molecule has 0 fully saturated rings. The molecular weight excluding hydrogens is 210 g/mol. The number of amides is 1. The SMILES string of the molecule is CCCN(CC(=O)O)C(=O)c1cn(C)cn1. The zero-order chi connectivity index (χ0) is 12.1. The minimum Gasteiger partial charge on any atom is -0.480 e. The molecule has 0 aromatic carbocycles. The van der Waals surface area contributed by atoms with Gasteiger partial charge in [-0.1, -0.05) is 6.92 Å². The predicted octanol–water partition coefficient (Wildman–Crippen LogP) is 0.357. The molecule has 1 aromatic rings. The van der Waals surface area contributed by atoms with Crippen molar-refractivity contribution in [2.75, 3.05) is 13.1 Å². The van der Waals surface area contributed by atoms with Gasteiger partial charge in [-0.25, -0.2) is 4.98 Å². The number of imidazole rings is 1. The van der Waals surface area contributed by atoms with Crippen LogP contribution < -0.4 is 0 Å². The van der Waals surface area contributed by atoms with Crippen molar-refractivity contribution in [2.45, 2.75) is 13.3 Å². The van der Waals surface area contributed by atoms with E-state index in [0.717, 1.165) is 0 Å². The number of carboxylic acid groups (broad SMARTS) is 1. The van der Waals surface area contributed by atoms with Crippen molar-refractivity contribution in [3.63, 3.8) is 0 Å². The molecule has 1 amide bonds. The average molecular weight is 225 g/mol. The van der Waals surface area contributed by atoms with Crippen molar-refractivity contribution in [2.24, 2.45) is 7.05 Å². The fraction of sp³-hybridized carbons (Fsp3) is 0.500. The van der Waals surface area contributed by atoms with Gasteiger partial charge in [0, 0.05) is 19.8 Å². The van der Waals surface area contributed by atoms with E-state index in [-0.39, 0.29) is 18.1 Å². The normalized spacial score (nSPS) is 10.1. The molecule has 0 aliphatic rings. The fourth-order valence-electron chi connectivity index (χ4n) is 1.37. The molecule has 0 atom stereocenters. The lowest BCUT2D eigenvalue weighted by Gasteiger charge is -2.18. The highest BCUT2D eigenvalue weighted by molar-refractivity contribution is 5.93. The summed E-state index contributed by atoms with van der Waals surface area (Å²) >= 11 is 0. The van der Waals surface area contributed by atoms with Crippen molar-refractivity contribution in [1.82, 2.24) is 14.5 Å². The third-order valence-electron chi connectivity index (χ3n) is 2.03. The summed E-state index contributed by atoms with van der Waals surface area (Å²) in [6.07, 6.45) is 3.80. The first kappa shape index (κ1) is 12.2. The number of carboxylic acids is 1. The van der Waals surface area contributed by atoms with E-state index in [0.29, 0.717) is 13.0 Å². The van der Waals surface area contributed by atoms with Gasteiger partial charge in [-0.2, -0.15) is 0 Å². The Labute approximate surface area is 93.5 Å². The summed E-state index contributed by atoms with van der Waals surface area (Å²) in [5.74, 6) is -1.36. The molecule has 1 heterocycles.